The lowest BCUT2D eigenvalue weighted by Gasteiger charge is -2.11. The zero-order valence-electron chi connectivity index (χ0n) is 11.6. The number of rotatable bonds is 9. The number of hydrogen-bond donors (Lipinski definition) is 2. The Balaban J connectivity index is 2.59. The van der Waals surface area contributed by atoms with Gasteiger partial charge in [0.1, 0.15) is 0 Å². The number of unbranched alkanes of at least 4 members (excludes halogenated alkanes) is 1. The molecule has 0 fully saturated rings. The summed E-state index contributed by atoms with van der Waals surface area (Å²) >= 11 is 0. The lowest BCUT2D eigenvalue weighted by Crippen LogP contribution is -2.20. The van der Waals surface area contributed by atoms with Crippen molar-refractivity contribution in [1.82, 2.24) is 5.32 Å². The second kappa shape index (κ2) is 8.37. The molecule has 0 heterocycles. The molecule has 106 valence electrons. The molecule has 5 heteroatoms. The first-order chi connectivity index (χ1) is 9.17. The molecule has 0 spiro atoms. The van der Waals surface area contributed by atoms with Gasteiger partial charge in [-0.1, -0.05) is 19.4 Å². The monoisotopic (exact) mass is 266 g/mol. The van der Waals surface area contributed by atoms with Crippen LogP contribution >= 0.6 is 0 Å². The molecule has 0 aliphatic heterocycles. The van der Waals surface area contributed by atoms with Gasteiger partial charge in [0.25, 0.3) is 5.91 Å². The number of nitrogens with two attached hydrogens (primary N) is 1. The Hall–Kier alpha value is -1.75. The Morgan fingerprint density at radius 3 is 2.79 bits per heavy atom. The third kappa shape index (κ3) is 5.61. The number of methoxy groups -OCH3 is 1. The number of amides is 1. The van der Waals surface area contributed by atoms with E-state index < -0.39 is 5.91 Å². The highest BCUT2D eigenvalue weighted by atomic mass is 16.5. The molecular weight excluding hydrogens is 244 g/mol. The lowest BCUT2D eigenvalue weighted by molar-refractivity contribution is -0.119. The summed E-state index contributed by atoms with van der Waals surface area (Å²) in [5.74, 6) is 0.627. The summed E-state index contributed by atoms with van der Waals surface area (Å²) in [7, 11) is 1.57. The van der Waals surface area contributed by atoms with Crippen LogP contribution in [0.3, 0.4) is 0 Å². The summed E-state index contributed by atoms with van der Waals surface area (Å²) in [6.07, 6.45) is 2.34. The molecule has 19 heavy (non-hydrogen) atoms. The minimum atomic E-state index is -0.507. The first kappa shape index (κ1) is 15.3. The van der Waals surface area contributed by atoms with Crippen LogP contribution in [0.1, 0.15) is 25.3 Å². The van der Waals surface area contributed by atoms with Crippen molar-refractivity contribution in [2.75, 3.05) is 20.3 Å². The quantitative estimate of drug-likeness (QED) is 0.663. The van der Waals surface area contributed by atoms with Crippen LogP contribution in [0.5, 0.6) is 11.5 Å². The largest absolute Gasteiger partial charge is 0.493 e. The zero-order chi connectivity index (χ0) is 14.1. The maximum atomic E-state index is 10.7. The van der Waals surface area contributed by atoms with E-state index in [1.54, 1.807) is 13.2 Å². The summed E-state index contributed by atoms with van der Waals surface area (Å²) in [6, 6.07) is 5.63. The van der Waals surface area contributed by atoms with E-state index in [1.165, 1.54) is 6.42 Å². The Bertz CT molecular complexity index is 408. The van der Waals surface area contributed by atoms with E-state index in [1.807, 2.05) is 12.1 Å². The summed E-state index contributed by atoms with van der Waals surface area (Å²) < 4.78 is 10.5. The van der Waals surface area contributed by atoms with E-state index >= 15 is 0 Å². The van der Waals surface area contributed by atoms with E-state index in [9.17, 15) is 4.79 Å². The molecule has 0 aliphatic rings. The SMILES string of the molecule is CCCCNCc1ccc(OCC(N)=O)c(OC)c1. The fraction of sp³-hybridized carbons (Fsp3) is 0.500. The molecule has 1 rings (SSSR count). The second-order valence-electron chi connectivity index (χ2n) is 4.27. The smallest absolute Gasteiger partial charge is 0.255 e. The van der Waals surface area contributed by atoms with Gasteiger partial charge in [0, 0.05) is 6.54 Å². The van der Waals surface area contributed by atoms with Crippen LogP contribution in [0.15, 0.2) is 18.2 Å². The standard InChI is InChI=1S/C14H22N2O3/c1-3-4-7-16-9-11-5-6-12(13(8-11)18-2)19-10-14(15)17/h5-6,8,16H,3-4,7,9-10H2,1-2H3,(H2,15,17). The minimum Gasteiger partial charge on any atom is -0.493 e. The molecule has 1 aromatic rings. The third-order valence-electron chi connectivity index (χ3n) is 2.63. The van der Waals surface area contributed by atoms with Crippen molar-refractivity contribution in [2.45, 2.75) is 26.3 Å². The summed E-state index contributed by atoms with van der Waals surface area (Å²) in [6.45, 7) is 3.80. The summed E-state index contributed by atoms with van der Waals surface area (Å²) in [5.41, 5.74) is 6.15. The fourth-order valence-corrected chi connectivity index (χ4v) is 1.62. The Morgan fingerprint density at radius 1 is 1.37 bits per heavy atom. The third-order valence-corrected chi connectivity index (χ3v) is 2.63. The molecule has 0 bridgehead atoms. The van der Waals surface area contributed by atoms with Crippen molar-refractivity contribution in [3.63, 3.8) is 0 Å². The first-order valence-electron chi connectivity index (χ1n) is 6.46. The molecular formula is C14H22N2O3. The molecule has 0 aliphatic carbocycles. The number of benzene rings is 1. The van der Waals surface area contributed by atoms with Crippen molar-refractivity contribution in [2.24, 2.45) is 5.73 Å². The van der Waals surface area contributed by atoms with Crippen molar-refractivity contribution in [1.29, 1.82) is 0 Å². The number of hydrogen-bond acceptors (Lipinski definition) is 4. The predicted molar refractivity (Wildman–Crippen MR) is 74.3 cm³/mol. The minimum absolute atomic E-state index is 0.148. The number of primary amides is 1. The van der Waals surface area contributed by atoms with Crippen molar-refractivity contribution >= 4 is 5.91 Å². The van der Waals surface area contributed by atoms with Gasteiger partial charge in [-0.25, -0.2) is 0 Å². The second-order valence-corrected chi connectivity index (χ2v) is 4.27. The van der Waals surface area contributed by atoms with E-state index in [2.05, 4.69) is 12.2 Å². The van der Waals surface area contributed by atoms with Crippen molar-refractivity contribution in [3.8, 4) is 11.5 Å². The van der Waals surface area contributed by atoms with Crippen LogP contribution in [0, 0.1) is 0 Å². The molecule has 0 aromatic heterocycles. The van der Waals surface area contributed by atoms with Crippen LogP contribution in [0.2, 0.25) is 0 Å². The number of nitrogens with one attached hydrogen (secondary N) is 1. The van der Waals surface area contributed by atoms with Crippen LogP contribution in [-0.4, -0.2) is 26.2 Å². The van der Waals surface area contributed by atoms with Crippen molar-refractivity contribution < 1.29 is 14.3 Å². The molecule has 0 radical (unpaired) electrons. The van der Waals surface area contributed by atoms with Gasteiger partial charge in [0.2, 0.25) is 0 Å². The molecule has 0 saturated carbocycles. The molecule has 5 nitrogen and oxygen atoms in total. The maximum Gasteiger partial charge on any atom is 0.255 e. The van der Waals surface area contributed by atoms with Gasteiger partial charge in [0.05, 0.1) is 7.11 Å². The van der Waals surface area contributed by atoms with Gasteiger partial charge in [0.15, 0.2) is 18.1 Å². The topological polar surface area (TPSA) is 73.6 Å². The van der Waals surface area contributed by atoms with E-state index in [-0.39, 0.29) is 6.61 Å². The predicted octanol–water partition coefficient (Wildman–Crippen LogP) is 1.45. The van der Waals surface area contributed by atoms with E-state index in [0.717, 1.165) is 25.1 Å². The average Bonchev–Trinajstić information content (AvgIpc) is 2.41. The summed E-state index contributed by atoms with van der Waals surface area (Å²) in [4.78, 5) is 10.7. The van der Waals surface area contributed by atoms with E-state index in [0.29, 0.717) is 11.5 Å². The van der Waals surface area contributed by atoms with Gasteiger partial charge in [-0.15, -0.1) is 0 Å². The van der Waals surface area contributed by atoms with Gasteiger partial charge in [-0.2, -0.15) is 0 Å². The molecule has 3 N–H and O–H groups in total. The van der Waals surface area contributed by atoms with Gasteiger partial charge in [-0.05, 0) is 30.7 Å². The van der Waals surface area contributed by atoms with Gasteiger partial charge >= 0.3 is 0 Å². The number of carbonyl (C=O) groups is 1. The van der Waals surface area contributed by atoms with Crippen LogP contribution in [-0.2, 0) is 11.3 Å². The molecule has 1 amide bonds. The molecule has 1 aromatic carbocycles. The molecule has 0 saturated heterocycles. The van der Waals surface area contributed by atoms with Gasteiger partial charge in [-0.3, -0.25) is 4.79 Å². The average molecular weight is 266 g/mol. The lowest BCUT2D eigenvalue weighted by atomic mass is 10.2. The Morgan fingerprint density at radius 2 is 2.16 bits per heavy atom. The van der Waals surface area contributed by atoms with Gasteiger partial charge < -0.3 is 20.5 Å². The highest BCUT2D eigenvalue weighted by molar-refractivity contribution is 5.75. The highest BCUT2D eigenvalue weighted by Gasteiger charge is 2.07. The van der Waals surface area contributed by atoms with Crippen LogP contribution in [0.25, 0.3) is 0 Å². The van der Waals surface area contributed by atoms with Crippen LogP contribution in [0.4, 0.5) is 0 Å². The number of ether oxygens (including phenoxy) is 2. The normalized spacial score (nSPS) is 10.2. The number of carbonyl (C=O) groups excluding carboxylic acids is 1. The molecule has 0 unspecified atom stereocenters. The molecule has 0 atom stereocenters. The Labute approximate surface area is 114 Å². The van der Waals surface area contributed by atoms with Crippen molar-refractivity contribution in [3.05, 3.63) is 23.8 Å². The zero-order valence-corrected chi connectivity index (χ0v) is 11.6. The first-order valence-corrected chi connectivity index (χ1v) is 6.46. The maximum absolute atomic E-state index is 10.7. The van der Waals surface area contributed by atoms with E-state index in [4.69, 9.17) is 15.2 Å². The summed E-state index contributed by atoms with van der Waals surface area (Å²) in [5, 5.41) is 3.35. The Kier molecular flexibility index (Phi) is 6.74. The van der Waals surface area contributed by atoms with Crippen LogP contribution < -0.4 is 20.5 Å². The highest BCUT2D eigenvalue weighted by Crippen LogP contribution is 2.27. The fourth-order valence-electron chi connectivity index (χ4n) is 1.62.